The van der Waals surface area contributed by atoms with Crippen molar-refractivity contribution in [3.8, 4) is 0 Å². The number of hydrogen-bond acceptors (Lipinski definition) is 6. The Hall–Kier alpha value is -1.11. The van der Waals surface area contributed by atoms with E-state index in [1.54, 1.807) is 6.92 Å². The first-order valence-corrected chi connectivity index (χ1v) is 8.18. The number of nitrogens with zero attached hydrogens (tertiary/aromatic N) is 1. The van der Waals surface area contributed by atoms with Crippen LogP contribution >= 0.6 is 34.3 Å². The summed E-state index contributed by atoms with van der Waals surface area (Å²) in [6.45, 7) is 6.02. The summed E-state index contributed by atoms with van der Waals surface area (Å²) in [6, 6.07) is 3.95. The van der Waals surface area contributed by atoms with Gasteiger partial charge in [0.25, 0.3) is 0 Å². The number of rotatable bonds is 5. The van der Waals surface area contributed by atoms with E-state index < -0.39 is 0 Å². The summed E-state index contributed by atoms with van der Waals surface area (Å²) in [7, 11) is 0. The van der Waals surface area contributed by atoms with Crippen LogP contribution < -0.4 is 5.32 Å². The fourth-order valence-corrected chi connectivity index (χ4v) is 3.62. The van der Waals surface area contributed by atoms with Gasteiger partial charge in [-0.1, -0.05) is 11.6 Å². The van der Waals surface area contributed by atoms with Crippen molar-refractivity contribution in [3.05, 3.63) is 31.9 Å². The van der Waals surface area contributed by atoms with Gasteiger partial charge in [-0.15, -0.1) is 22.7 Å². The molecule has 0 bridgehead atoms. The first kappa shape index (κ1) is 15.3. The molecule has 2 aromatic rings. The Labute approximate surface area is 130 Å². The third kappa shape index (κ3) is 3.50. The molecule has 4 nitrogen and oxygen atoms in total. The van der Waals surface area contributed by atoms with Crippen LogP contribution in [0.15, 0.2) is 12.1 Å². The number of aryl methyl sites for hydroxylation is 1. The van der Waals surface area contributed by atoms with Crippen LogP contribution in [0, 0.1) is 6.92 Å². The lowest BCUT2D eigenvalue weighted by atomic mass is 10.3. The predicted molar refractivity (Wildman–Crippen MR) is 84.2 cm³/mol. The van der Waals surface area contributed by atoms with Gasteiger partial charge in [-0.3, -0.25) is 0 Å². The minimum Gasteiger partial charge on any atom is -0.461 e. The molecule has 20 heavy (non-hydrogen) atoms. The lowest BCUT2D eigenvalue weighted by Gasteiger charge is -2.10. The predicted octanol–water partition coefficient (Wildman–Crippen LogP) is 4.52. The number of ether oxygens (including phenoxy) is 1. The highest BCUT2D eigenvalue weighted by atomic mass is 35.5. The van der Waals surface area contributed by atoms with Crippen molar-refractivity contribution in [2.24, 2.45) is 0 Å². The second kappa shape index (κ2) is 6.56. The van der Waals surface area contributed by atoms with Crippen molar-refractivity contribution < 1.29 is 9.53 Å². The van der Waals surface area contributed by atoms with Crippen LogP contribution in [0.3, 0.4) is 0 Å². The summed E-state index contributed by atoms with van der Waals surface area (Å²) in [5, 5.41) is 3.99. The van der Waals surface area contributed by atoms with E-state index in [0.717, 1.165) is 14.1 Å². The molecule has 0 aliphatic heterocycles. The fourth-order valence-electron chi connectivity index (χ4n) is 1.66. The Morgan fingerprint density at radius 3 is 2.85 bits per heavy atom. The molecule has 0 radical (unpaired) electrons. The van der Waals surface area contributed by atoms with Gasteiger partial charge in [0.05, 0.1) is 17.0 Å². The van der Waals surface area contributed by atoms with Gasteiger partial charge in [0.15, 0.2) is 10.8 Å². The lowest BCUT2D eigenvalue weighted by Crippen LogP contribution is -2.08. The van der Waals surface area contributed by atoms with E-state index in [0.29, 0.717) is 17.4 Å². The Morgan fingerprint density at radius 2 is 2.25 bits per heavy atom. The monoisotopic (exact) mass is 330 g/mol. The molecule has 0 spiro atoms. The molecule has 0 fully saturated rings. The first-order valence-electron chi connectivity index (χ1n) is 6.17. The Balaban J connectivity index is 2.10. The number of thiazole rings is 1. The van der Waals surface area contributed by atoms with Crippen molar-refractivity contribution in [1.29, 1.82) is 0 Å². The zero-order chi connectivity index (χ0) is 14.7. The zero-order valence-electron chi connectivity index (χ0n) is 11.4. The van der Waals surface area contributed by atoms with Crippen LogP contribution in [-0.4, -0.2) is 17.6 Å². The van der Waals surface area contributed by atoms with Crippen LogP contribution in [0.5, 0.6) is 0 Å². The maximum Gasteiger partial charge on any atom is 0.358 e. The van der Waals surface area contributed by atoms with Gasteiger partial charge in [0.1, 0.15) is 0 Å². The molecule has 1 atom stereocenters. The summed E-state index contributed by atoms with van der Waals surface area (Å²) in [5.41, 5.74) is 0.385. The molecule has 2 aromatic heterocycles. The molecule has 108 valence electrons. The van der Waals surface area contributed by atoms with Crippen LogP contribution in [0.25, 0.3) is 0 Å². The number of thiophene rings is 1. The van der Waals surface area contributed by atoms with Gasteiger partial charge in [0, 0.05) is 9.75 Å². The number of aromatic nitrogens is 1. The summed E-state index contributed by atoms with van der Waals surface area (Å²) >= 11 is 8.91. The lowest BCUT2D eigenvalue weighted by molar-refractivity contribution is 0.0519. The second-order valence-corrected chi connectivity index (χ2v) is 7.10. The zero-order valence-corrected chi connectivity index (χ0v) is 13.8. The Morgan fingerprint density at radius 1 is 1.50 bits per heavy atom. The molecule has 0 aliphatic carbocycles. The molecule has 1 N–H and O–H groups in total. The maximum atomic E-state index is 11.7. The van der Waals surface area contributed by atoms with Gasteiger partial charge in [-0.25, -0.2) is 9.78 Å². The van der Waals surface area contributed by atoms with E-state index in [1.165, 1.54) is 22.7 Å². The van der Waals surface area contributed by atoms with E-state index in [2.05, 4.69) is 10.3 Å². The largest absolute Gasteiger partial charge is 0.461 e. The second-order valence-electron chi connectivity index (χ2n) is 4.15. The van der Waals surface area contributed by atoms with Crippen molar-refractivity contribution in [2.45, 2.75) is 26.8 Å². The van der Waals surface area contributed by atoms with Gasteiger partial charge in [-0.05, 0) is 32.9 Å². The van der Waals surface area contributed by atoms with E-state index in [4.69, 9.17) is 16.3 Å². The number of carbonyl (C=O) groups excluding carboxylic acids is 1. The van der Waals surface area contributed by atoms with Crippen molar-refractivity contribution in [1.82, 2.24) is 4.98 Å². The summed E-state index contributed by atoms with van der Waals surface area (Å²) < 4.78 is 5.74. The molecule has 0 amide bonds. The number of halogens is 1. The SMILES string of the molecule is CCOC(=O)c1nc(NC(C)c2ccc(Cl)s2)sc1C. The van der Waals surface area contributed by atoms with Crippen molar-refractivity contribution in [2.75, 3.05) is 11.9 Å². The molecule has 7 heteroatoms. The van der Waals surface area contributed by atoms with E-state index in [1.807, 2.05) is 26.0 Å². The minimum absolute atomic E-state index is 0.0908. The molecule has 0 saturated heterocycles. The summed E-state index contributed by atoms with van der Waals surface area (Å²) in [4.78, 5) is 18.0. The standard InChI is InChI=1S/C13H15ClN2O2S2/c1-4-18-12(17)11-8(3)19-13(16-11)15-7(2)9-5-6-10(14)20-9/h5-7H,4H2,1-3H3,(H,15,16). The highest BCUT2D eigenvalue weighted by Gasteiger charge is 2.18. The third-order valence-electron chi connectivity index (χ3n) is 2.63. The molecule has 0 aromatic carbocycles. The third-order valence-corrected chi connectivity index (χ3v) is 4.94. The molecule has 2 rings (SSSR count). The normalized spacial score (nSPS) is 12.2. The molecule has 0 aliphatic rings. The van der Waals surface area contributed by atoms with Crippen LogP contribution in [0.2, 0.25) is 4.34 Å². The summed E-state index contributed by atoms with van der Waals surface area (Å²) in [6.07, 6.45) is 0. The van der Waals surface area contributed by atoms with E-state index in [-0.39, 0.29) is 12.0 Å². The molecule has 0 saturated carbocycles. The molecule has 1 unspecified atom stereocenters. The van der Waals surface area contributed by atoms with E-state index >= 15 is 0 Å². The molecular weight excluding hydrogens is 316 g/mol. The highest BCUT2D eigenvalue weighted by Crippen LogP contribution is 2.31. The highest BCUT2D eigenvalue weighted by molar-refractivity contribution is 7.16. The molecular formula is C13H15ClN2O2S2. The van der Waals surface area contributed by atoms with Crippen LogP contribution in [0.4, 0.5) is 5.13 Å². The van der Waals surface area contributed by atoms with Gasteiger partial charge >= 0.3 is 5.97 Å². The van der Waals surface area contributed by atoms with Gasteiger partial charge in [0.2, 0.25) is 0 Å². The van der Waals surface area contributed by atoms with Crippen molar-refractivity contribution in [3.63, 3.8) is 0 Å². The maximum absolute atomic E-state index is 11.7. The Kier molecular flexibility index (Phi) is 5.01. The van der Waals surface area contributed by atoms with Crippen molar-refractivity contribution >= 4 is 45.4 Å². The van der Waals surface area contributed by atoms with Crippen LogP contribution in [0.1, 0.15) is 40.1 Å². The number of anilines is 1. The smallest absolute Gasteiger partial charge is 0.358 e. The topological polar surface area (TPSA) is 51.2 Å². The van der Waals surface area contributed by atoms with E-state index in [9.17, 15) is 4.79 Å². The van der Waals surface area contributed by atoms with Gasteiger partial charge < -0.3 is 10.1 Å². The average Bonchev–Trinajstić information content (AvgIpc) is 2.96. The number of nitrogens with one attached hydrogen (secondary N) is 1. The minimum atomic E-state index is -0.374. The van der Waals surface area contributed by atoms with Crippen LogP contribution in [-0.2, 0) is 4.74 Å². The quantitative estimate of drug-likeness (QED) is 0.819. The molecule has 2 heterocycles. The first-order chi connectivity index (χ1) is 9.51. The number of esters is 1. The van der Waals surface area contributed by atoms with Gasteiger partial charge in [-0.2, -0.15) is 0 Å². The average molecular weight is 331 g/mol. The Bertz CT molecular complexity index is 609. The number of carbonyl (C=O) groups is 1. The number of hydrogen-bond donors (Lipinski definition) is 1. The fraction of sp³-hybridized carbons (Fsp3) is 0.385. The summed E-state index contributed by atoms with van der Waals surface area (Å²) in [5.74, 6) is -0.374.